The van der Waals surface area contributed by atoms with Crippen molar-refractivity contribution in [1.82, 2.24) is 10.3 Å². The van der Waals surface area contributed by atoms with Crippen molar-refractivity contribution >= 4 is 16.8 Å². The number of fused-ring (bicyclic) bond motifs is 1. The van der Waals surface area contributed by atoms with Crippen LogP contribution in [-0.4, -0.2) is 31.2 Å². The molecule has 0 spiro atoms. The number of para-hydroxylation sites is 1. The van der Waals surface area contributed by atoms with Crippen LogP contribution in [0.5, 0.6) is 11.5 Å². The van der Waals surface area contributed by atoms with Crippen LogP contribution in [0.4, 0.5) is 0 Å². The van der Waals surface area contributed by atoms with Gasteiger partial charge in [-0.3, -0.25) is 4.79 Å². The molecule has 6 heteroatoms. The maximum Gasteiger partial charge on any atom is 0.239 e. The summed E-state index contributed by atoms with van der Waals surface area (Å²) >= 11 is 0. The molecule has 0 aliphatic heterocycles. The van der Waals surface area contributed by atoms with Gasteiger partial charge in [0.15, 0.2) is 11.5 Å². The van der Waals surface area contributed by atoms with Crippen molar-refractivity contribution in [3.05, 3.63) is 59.8 Å². The van der Waals surface area contributed by atoms with E-state index in [1.807, 2.05) is 49.5 Å². The molecule has 0 bridgehead atoms. The summed E-state index contributed by atoms with van der Waals surface area (Å²) in [6, 6.07) is 15.9. The Morgan fingerprint density at radius 3 is 2.70 bits per heavy atom. The summed E-state index contributed by atoms with van der Waals surface area (Å²) < 4.78 is 11.2. The SMILES string of the molecule is CCOc1ccc(C(CNC(=O)C(C)(C)C#N)c2c[nH]c3ccccc23)cc1OC. The highest BCUT2D eigenvalue weighted by Gasteiger charge is 2.28. The van der Waals surface area contributed by atoms with Gasteiger partial charge in [-0.1, -0.05) is 24.3 Å². The second-order valence-corrected chi connectivity index (χ2v) is 7.63. The Kier molecular flexibility index (Phi) is 6.31. The van der Waals surface area contributed by atoms with E-state index in [0.29, 0.717) is 24.7 Å². The highest BCUT2D eigenvalue weighted by molar-refractivity contribution is 5.86. The largest absolute Gasteiger partial charge is 0.493 e. The lowest BCUT2D eigenvalue weighted by molar-refractivity contribution is -0.126. The molecule has 1 aromatic heterocycles. The number of nitrogens with zero attached hydrogens (tertiary/aromatic N) is 1. The summed E-state index contributed by atoms with van der Waals surface area (Å²) in [5.41, 5.74) is 1.97. The molecule has 0 saturated carbocycles. The molecule has 156 valence electrons. The van der Waals surface area contributed by atoms with E-state index in [1.54, 1.807) is 21.0 Å². The summed E-state index contributed by atoms with van der Waals surface area (Å²) in [5, 5.41) is 13.3. The van der Waals surface area contributed by atoms with Crippen LogP contribution in [0.15, 0.2) is 48.7 Å². The number of amides is 1. The number of aromatic nitrogens is 1. The molecule has 6 nitrogen and oxygen atoms in total. The number of methoxy groups -OCH3 is 1. The van der Waals surface area contributed by atoms with Gasteiger partial charge in [-0.05, 0) is 50.1 Å². The number of hydrogen-bond acceptors (Lipinski definition) is 4. The fourth-order valence-electron chi connectivity index (χ4n) is 3.43. The lowest BCUT2D eigenvalue weighted by Gasteiger charge is -2.22. The molecule has 0 aliphatic carbocycles. The lowest BCUT2D eigenvalue weighted by Crippen LogP contribution is -2.38. The van der Waals surface area contributed by atoms with Gasteiger partial charge in [-0.25, -0.2) is 0 Å². The number of carbonyl (C=O) groups excluding carboxylic acids is 1. The summed E-state index contributed by atoms with van der Waals surface area (Å²) in [7, 11) is 1.61. The van der Waals surface area contributed by atoms with E-state index in [0.717, 1.165) is 22.0 Å². The molecule has 2 N–H and O–H groups in total. The molecule has 0 aliphatic rings. The second-order valence-electron chi connectivity index (χ2n) is 7.63. The molecule has 0 saturated heterocycles. The van der Waals surface area contributed by atoms with Crippen molar-refractivity contribution in [2.45, 2.75) is 26.7 Å². The summed E-state index contributed by atoms with van der Waals surface area (Å²) in [4.78, 5) is 15.8. The average Bonchev–Trinajstić information content (AvgIpc) is 3.18. The number of benzene rings is 2. The lowest BCUT2D eigenvalue weighted by atomic mass is 9.89. The van der Waals surface area contributed by atoms with Crippen LogP contribution in [0.1, 0.15) is 37.8 Å². The van der Waals surface area contributed by atoms with Crippen LogP contribution in [0.25, 0.3) is 10.9 Å². The number of hydrogen-bond donors (Lipinski definition) is 2. The first-order valence-corrected chi connectivity index (χ1v) is 9.97. The Morgan fingerprint density at radius 2 is 2.00 bits per heavy atom. The van der Waals surface area contributed by atoms with E-state index in [1.165, 1.54) is 0 Å². The highest BCUT2D eigenvalue weighted by atomic mass is 16.5. The van der Waals surface area contributed by atoms with Crippen molar-refractivity contribution in [1.29, 1.82) is 5.26 Å². The van der Waals surface area contributed by atoms with Crippen LogP contribution in [0, 0.1) is 16.7 Å². The van der Waals surface area contributed by atoms with E-state index in [-0.39, 0.29) is 11.8 Å². The third kappa shape index (κ3) is 4.25. The minimum Gasteiger partial charge on any atom is -0.493 e. The fraction of sp³-hybridized carbons (Fsp3) is 0.333. The molecule has 1 unspecified atom stereocenters. The predicted octanol–water partition coefficient (Wildman–Crippen LogP) is 4.37. The molecule has 1 atom stereocenters. The third-order valence-corrected chi connectivity index (χ3v) is 5.20. The van der Waals surface area contributed by atoms with Crippen molar-refractivity contribution in [3.8, 4) is 17.6 Å². The molecule has 1 heterocycles. The summed E-state index contributed by atoms with van der Waals surface area (Å²) in [6.07, 6.45) is 1.97. The van der Waals surface area contributed by atoms with E-state index in [4.69, 9.17) is 9.47 Å². The number of aromatic amines is 1. The van der Waals surface area contributed by atoms with Crippen LogP contribution in [0.3, 0.4) is 0 Å². The summed E-state index contributed by atoms with van der Waals surface area (Å²) in [5.74, 6) is 0.885. The monoisotopic (exact) mass is 405 g/mol. The van der Waals surface area contributed by atoms with Gasteiger partial charge in [0.1, 0.15) is 5.41 Å². The molecule has 2 aromatic carbocycles. The Hall–Kier alpha value is -3.46. The van der Waals surface area contributed by atoms with Crippen molar-refractivity contribution in [2.24, 2.45) is 5.41 Å². The standard InChI is InChI=1S/C24H27N3O3/c1-5-30-21-11-10-16(12-22(21)29-4)18(13-27-23(28)24(2,3)15-25)19-14-26-20-9-7-6-8-17(19)20/h6-12,14,18,26H,5,13H2,1-4H3,(H,27,28). The zero-order valence-electron chi connectivity index (χ0n) is 17.8. The van der Waals surface area contributed by atoms with Gasteiger partial charge in [0, 0.05) is 29.6 Å². The Labute approximate surface area is 176 Å². The van der Waals surface area contributed by atoms with Gasteiger partial charge < -0.3 is 19.8 Å². The Balaban J connectivity index is 2.02. The number of carbonyl (C=O) groups is 1. The van der Waals surface area contributed by atoms with E-state index >= 15 is 0 Å². The van der Waals surface area contributed by atoms with Gasteiger partial charge in [-0.15, -0.1) is 0 Å². The maximum atomic E-state index is 12.5. The average molecular weight is 405 g/mol. The first-order chi connectivity index (χ1) is 14.4. The van der Waals surface area contributed by atoms with Crippen molar-refractivity contribution in [2.75, 3.05) is 20.3 Å². The quantitative estimate of drug-likeness (QED) is 0.582. The molecule has 1 amide bonds. The smallest absolute Gasteiger partial charge is 0.239 e. The first kappa shape index (κ1) is 21.3. The minimum atomic E-state index is -1.10. The van der Waals surface area contributed by atoms with Crippen molar-refractivity contribution in [3.63, 3.8) is 0 Å². The molecular formula is C24H27N3O3. The zero-order valence-corrected chi connectivity index (χ0v) is 17.8. The van der Waals surface area contributed by atoms with Gasteiger partial charge in [-0.2, -0.15) is 5.26 Å². The van der Waals surface area contributed by atoms with Gasteiger partial charge in [0.25, 0.3) is 0 Å². The number of nitriles is 1. The second kappa shape index (κ2) is 8.91. The molecule has 30 heavy (non-hydrogen) atoms. The van der Waals surface area contributed by atoms with E-state index < -0.39 is 5.41 Å². The van der Waals surface area contributed by atoms with Crippen LogP contribution in [-0.2, 0) is 4.79 Å². The first-order valence-electron chi connectivity index (χ1n) is 9.97. The van der Waals surface area contributed by atoms with Crippen LogP contribution < -0.4 is 14.8 Å². The van der Waals surface area contributed by atoms with Crippen LogP contribution in [0.2, 0.25) is 0 Å². The molecule has 3 aromatic rings. The van der Waals surface area contributed by atoms with Crippen molar-refractivity contribution < 1.29 is 14.3 Å². The van der Waals surface area contributed by atoms with Gasteiger partial charge in [0.2, 0.25) is 5.91 Å². The van der Waals surface area contributed by atoms with E-state index in [9.17, 15) is 10.1 Å². The fourth-order valence-corrected chi connectivity index (χ4v) is 3.43. The maximum absolute atomic E-state index is 12.5. The van der Waals surface area contributed by atoms with E-state index in [2.05, 4.69) is 22.4 Å². The number of H-pyrrole nitrogens is 1. The predicted molar refractivity (Wildman–Crippen MR) is 117 cm³/mol. The van der Waals surface area contributed by atoms with Gasteiger partial charge in [0.05, 0.1) is 19.8 Å². The Morgan fingerprint density at radius 1 is 1.23 bits per heavy atom. The Bertz CT molecular complexity index is 1080. The van der Waals surface area contributed by atoms with Gasteiger partial charge >= 0.3 is 0 Å². The number of nitrogens with one attached hydrogen (secondary N) is 2. The van der Waals surface area contributed by atoms with Crippen LogP contribution >= 0.6 is 0 Å². The zero-order chi connectivity index (χ0) is 21.7. The third-order valence-electron chi connectivity index (χ3n) is 5.20. The molecule has 3 rings (SSSR count). The number of rotatable bonds is 8. The normalized spacial score (nSPS) is 12.2. The topological polar surface area (TPSA) is 87.1 Å². The molecule has 0 radical (unpaired) electrons. The molecule has 0 fully saturated rings. The summed E-state index contributed by atoms with van der Waals surface area (Å²) in [6.45, 7) is 6.05. The minimum absolute atomic E-state index is 0.135. The highest BCUT2D eigenvalue weighted by Crippen LogP contribution is 2.36. The number of ether oxygens (including phenoxy) is 2. The molecular weight excluding hydrogens is 378 g/mol.